The van der Waals surface area contributed by atoms with E-state index in [4.69, 9.17) is 11.6 Å². The molecule has 116 valence electrons. The molecule has 2 rings (SSSR count). The van der Waals surface area contributed by atoms with Crippen LogP contribution in [-0.4, -0.2) is 21.4 Å². The van der Waals surface area contributed by atoms with Crippen LogP contribution in [-0.2, 0) is 10.0 Å². The monoisotopic (exact) mass is 338 g/mol. The number of hydrogen-bond acceptors (Lipinski definition) is 3. The van der Waals surface area contributed by atoms with Crippen molar-refractivity contribution in [3.63, 3.8) is 0 Å². The third-order valence-corrected chi connectivity index (χ3v) is 4.76. The summed E-state index contributed by atoms with van der Waals surface area (Å²) in [5, 5.41) is 3.32. The Kier molecular flexibility index (Phi) is 4.85. The Morgan fingerprint density at radius 2 is 1.86 bits per heavy atom. The first-order chi connectivity index (χ1) is 10.3. The molecule has 0 aromatic heterocycles. The minimum Gasteiger partial charge on any atom is -0.322 e. The fraction of sp³-hybridized carbons (Fsp3) is 0.133. The number of anilines is 1. The fourth-order valence-corrected chi connectivity index (χ4v) is 2.89. The lowest BCUT2D eigenvalue weighted by Gasteiger charge is -2.10. The van der Waals surface area contributed by atoms with Gasteiger partial charge in [-0.25, -0.2) is 13.1 Å². The van der Waals surface area contributed by atoms with Crippen molar-refractivity contribution in [1.82, 2.24) is 4.72 Å². The lowest BCUT2D eigenvalue weighted by Crippen LogP contribution is -2.19. The summed E-state index contributed by atoms with van der Waals surface area (Å²) in [6.07, 6.45) is 0. The summed E-state index contributed by atoms with van der Waals surface area (Å²) in [4.78, 5) is 12.3. The molecule has 0 saturated heterocycles. The SMILES string of the molecule is CNS(=O)(=O)c1cccc(C(=O)Nc2ccc(Cl)cc2C)c1. The summed E-state index contributed by atoms with van der Waals surface area (Å²) < 4.78 is 25.8. The molecule has 0 aliphatic heterocycles. The first-order valence-corrected chi connectivity index (χ1v) is 8.31. The van der Waals surface area contributed by atoms with Gasteiger partial charge in [0.2, 0.25) is 10.0 Å². The molecule has 0 heterocycles. The highest BCUT2D eigenvalue weighted by molar-refractivity contribution is 7.89. The Labute approximate surface area is 134 Å². The summed E-state index contributed by atoms with van der Waals surface area (Å²) >= 11 is 5.87. The molecule has 0 aliphatic carbocycles. The molecule has 7 heteroatoms. The molecule has 0 atom stereocenters. The van der Waals surface area contributed by atoms with Crippen LogP contribution in [0.1, 0.15) is 15.9 Å². The molecule has 22 heavy (non-hydrogen) atoms. The van der Waals surface area contributed by atoms with Gasteiger partial charge in [0, 0.05) is 16.3 Å². The highest BCUT2D eigenvalue weighted by atomic mass is 35.5. The second-order valence-electron chi connectivity index (χ2n) is 4.65. The minimum atomic E-state index is -3.59. The maximum absolute atomic E-state index is 12.3. The second-order valence-corrected chi connectivity index (χ2v) is 6.97. The van der Waals surface area contributed by atoms with Crippen molar-refractivity contribution < 1.29 is 13.2 Å². The van der Waals surface area contributed by atoms with Crippen molar-refractivity contribution in [2.45, 2.75) is 11.8 Å². The lowest BCUT2D eigenvalue weighted by atomic mass is 10.1. The number of amides is 1. The first kappa shape index (κ1) is 16.5. The van der Waals surface area contributed by atoms with Gasteiger partial charge in [-0.15, -0.1) is 0 Å². The molecule has 5 nitrogen and oxygen atoms in total. The van der Waals surface area contributed by atoms with Crippen LogP contribution in [0.4, 0.5) is 5.69 Å². The zero-order chi connectivity index (χ0) is 16.3. The zero-order valence-electron chi connectivity index (χ0n) is 12.1. The summed E-state index contributed by atoms with van der Waals surface area (Å²) in [5.41, 5.74) is 1.70. The Balaban J connectivity index is 2.29. The number of sulfonamides is 1. The van der Waals surface area contributed by atoms with E-state index in [1.54, 1.807) is 24.3 Å². The van der Waals surface area contributed by atoms with Crippen molar-refractivity contribution in [2.24, 2.45) is 0 Å². The van der Waals surface area contributed by atoms with Crippen LogP contribution in [0, 0.1) is 6.92 Å². The Morgan fingerprint density at radius 3 is 2.50 bits per heavy atom. The molecule has 0 spiro atoms. The standard InChI is InChI=1S/C15H15ClN2O3S/c1-10-8-12(16)6-7-14(10)18-15(19)11-4-3-5-13(9-11)22(20,21)17-2/h3-9,17H,1-2H3,(H,18,19). The Hall–Kier alpha value is -1.89. The number of carbonyl (C=O) groups excluding carboxylic acids is 1. The number of aryl methyl sites for hydroxylation is 1. The predicted molar refractivity (Wildman–Crippen MR) is 86.8 cm³/mol. The second kappa shape index (κ2) is 6.48. The van der Waals surface area contributed by atoms with Crippen LogP contribution in [0.25, 0.3) is 0 Å². The fourth-order valence-electron chi connectivity index (χ4n) is 1.88. The van der Waals surface area contributed by atoms with Gasteiger partial charge in [0.25, 0.3) is 5.91 Å². The summed E-state index contributed by atoms with van der Waals surface area (Å²) in [5.74, 6) is -0.390. The Bertz CT molecular complexity index is 819. The predicted octanol–water partition coefficient (Wildman–Crippen LogP) is 2.81. The van der Waals surface area contributed by atoms with Crippen LogP contribution in [0.15, 0.2) is 47.4 Å². The van der Waals surface area contributed by atoms with Crippen LogP contribution in [0.2, 0.25) is 5.02 Å². The zero-order valence-corrected chi connectivity index (χ0v) is 13.6. The van der Waals surface area contributed by atoms with Gasteiger partial charge >= 0.3 is 0 Å². The van der Waals surface area contributed by atoms with Gasteiger partial charge in [0.05, 0.1) is 4.90 Å². The maximum Gasteiger partial charge on any atom is 0.255 e. The van der Waals surface area contributed by atoms with E-state index < -0.39 is 15.9 Å². The molecule has 1 amide bonds. The topological polar surface area (TPSA) is 75.3 Å². The van der Waals surface area contributed by atoms with Crippen LogP contribution >= 0.6 is 11.6 Å². The van der Waals surface area contributed by atoms with Gasteiger partial charge < -0.3 is 5.32 Å². The van der Waals surface area contributed by atoms with Crippen LogP contribution < -0.4 is 10.0 Å². The summed E-state index contributed by atoms with van der Waals surface area (Å²) in [6, 6.07) is 10.9. The van der Waals surface area contributed by atoms with Gasteiger partial charge in [0.15, 0.2) is 0 Å². The molecule has 2 N–H and O–H groups in total. The van der Waals surface area contributed by atoms with Gasteiger partial charge in [-0.05, 0) is 55.9 Å². The first-order valence-electron chi connectivity index (χ1n) is 6.44. The number of nitrogens with one attached hydrogen (secondary N) is 2. The van der Waals surface area contributed by atoms with E-state index in [2.05, 4.69) is 10.0 Å². The quantitative estimate of drug-likeness (QED) is 0.900. The van der Waals surface area contributed by atoms with E-state index in [0.717, 1.165) is 5.56 Å². The van der Waals surface area contributed by atoms with E-state index in [1.165, 1.54) is 25.2 Å². The Morgan fingerprint density at radius 1 is 1.14 bits per heavy atom. The molecule has 0 unspecified atom stereocenters. The smallest absolute Gasteiger partial charge is 0.255 e. The molecule has 0 fully saturated rings. The van der Waals surface area contributed by atoms with Gasteiger partial charge in [-0.2, -0.15) is 0 Å². The average molecular weight is 339 g/mol. The van der Waals surface area contributed by atoms with Crippen molar-refractivity contribution in [1.29, 1.82) is 0 Å². The van der Waals surface area contributed by atoms with E-state index in [0.29, 0.717) is 10.7 Å². The molecule has 2 aromatic carbocycles. The normalized spacial score (nSPS) is 11.2. The van der Waals surface area contributed by atoms with Gasteiger partial charge in [-0.1, -0.05) is 17.7 Å². The van der Waals surface area contributed by atoms with Crippen LogP contribution in [0.3, 0.4) is 0 Å². The third kappa shape index (κ3) is 3.65. The number of carbonyl (C=O) groups is 1. The molecule has 0 bridgehead atoms. The maximum atomic E-state index is 12.3. The third-order valence-electron chi connectivity index (χ3n) is 3.11. The largest absolute Gasteiger partial charge is 0.322 e. The summed E-state index contributed by atoms with van der Waals surface area (Å²) in [6.45, 7) is 1.82. The van der Waals surface area contributed by atoms with E-state index in [1.807, 2.05) is 6.92 Å². The van der Waals surface area contributed by atoms with Crippen molar-refractivity contribution in [3.05, 3.63) is 58.6 Å². The molecule has 0 aliphatic rings. The van der Waals surface area contributed by atoms with E-state index in [-0.39, 0.29) is 10.5 Å². The van der Waals surface area contributed by atoms with E-state index >= 15 is 0 Å². The minimum absolute atomic E-state index is 0.0375. The van der Waals surface area contributed by atoms with E-state index in [9.17, 15) is 13.2 Å². The highest BCUT2D eigenvalue weighted by Gasteiger charge is 2.14. The average Bonchev–Trinajstić information content (AvgIpc) is 2.50. The number of rotatable bonds is 4. The highest BCUT2D eigenvalue weighted by Crippen LogP contribution is 2.20. The number of halogens is 1. The molecular weight excluding hydrogens is 324 g/mol. The summed E-state index contributed by atoms with van der Waals surface area (Å²) in [7, 11) is -2.27. The molecule has 2 aromatic rings. The number of benzene rings is 2. The molecule has 0 radical (unpaired) electrons. The lowest BCUT2D eigenvalue weighted by molar-refractivity contribution is 0.102. The molecular formula is C15H15ClN2O3S. The van der Waals surface area contributed by atoms with Gasteiger partial charge in [0.1, 0.15) is 0 Å². The number of hydrogen-bond donors (Lipinski definition) is 2. The molecule has 0 saturated carbocycles. The van der Waals surface area contributed by atoms with Gasteiger partial charge in [-0.3, -0.25) is 4.79 Å². The van der Waals surface area contributed by atoms with Crippen molar-refractivity contribution >= 4 is 33.2 Å². The van der Waals surface area contributed by atoms with Crippen molar-refractivity contribution in [2.75, 3.05) is 12.4 Å². The van der Waals surface area contributed by atoms with Crippen molar-refractivity contribution in [3.8, 4) is 0 Å². The van der Waals surface area contributed by atoms with Crippen LogP contribution in [0.5, 0.6) is 0 Å².